The van der Waals surface area contributed by atoms with Crippen molar-refractivity contribution in [2.24, 2.45) is 0 Å². The van der Waals surface area contributed by atoms with Gasteiger partial charge in [-0.15, -0.1) is 0 Å². The van der Waals surface area contributed by atoms with Crippen LogP contribution >= 0.6 is 0 Å². The highest BCUT2D eigenvalue weighted by atomic mass is 16.4. The highest BCUT2D eigenvalue weighted by Gasteiger charge is 2.11. The molecule has 88 valence electrons. The van der Waals surface area contributed by atoms with Crippen LogP contribution in [0.5, 0.6) is 0 Å². The second kappa shape index (κ2) is 4.37. The number of benzene rings is 2. The maximum absolute atomic E-state index is 11.8. The van der Waals surface area contributed by atoms with Crippen LogP contribution in [0.1, 0.15) is 0 Å². The molecule has 3 heteroatoms. The fourth-order valence-corrected chi connectivity index (χ4v) is 1.94. The summed E-state index contributed by atoms with van der Waals surface area (Å²) >= 11 is 0. The van der Waals surface area contributed by atoms with Gasteiger partial charge in [0.1, 0.15) is 6.26 Å². The van der Waals surface area contributed by atoms with E-state index >= 15 is 0 Å². The Hall–Kier alpha value is -2.55. The van der Waals surface area contributed by atoms with E-state index in [1.807, 2.05) is 60.7 Å². The molecule has 0 saturated carbocycles. The van der Waals surface area contributed by atoms with Gasteiger partial charge in [0.2, 0.25) is 0 Å². The molecule has 0 N–H and O–H groups in total. The quantitative estimate of drug-likeness (QED) is 0.686. The van der Waals surface area contributed by atoms with Crippen LogP contribution in [-0.2, 0) is 0 Å². The van der Waals surface area contributed by atoms with E-state index in [0.717, 1.165) is 16.9 Å². The first kappa shape index (κ1) is 10.6. The van der Waals surface area contributed by atoms with Crippen LogP contribution in [0.4, 0.5) is 0 Å². The van der Waals surface area contributed by atoms with E-state index in [-0.39, 0.29) is 5.76 Å². The van der Waals surface area contributed by atoms with Gasteiger partial charge in [-0.3, -0.25) is 0 Å². The first-order valence-corrected chi connectivity index (χ1v) is 5.67. The lowest BCUT2D eigenvalue weighted by Crippen LogP contribution is -2.12. The average molecular weight is 237 g/mol. The van der Waals surface area contributed by atoms with Crippen LogP contribution in [-0.4, -0.2) is 4.57 Å². The van der Waals surface area contributed by atoms with Gasteiger partial charge in [0.15, 0.2) is 0 Å². The standard InChI is InChI=1S/C15H11NO2/c17-15-16(13-9-5-2-6-10-13)14(11-18-15)12-7-3-1-4-8-12/h1-11H. The fourth-order valence-electron chi connectivity index (χ4n) is 1.94. The molecular formula is C15H11NO2. The molecule has 0 bridgehead atoms. The van der Waals surface area contributed by atoms with Crippen LogP contribution < -0.4 is 5.76 Å². The first-order valence-electron chi connectivity index (χ1n) is 5.67. The molecule has 0 aliphatic carbocycles. The third-order valence-electron chi connectivity index (χ3n) is 2.78. The Bertz CT molecular complexity index is 696. The molecule has 0 amide bonds. The van der Waals surface area contributed by atoms with Crippen molar-refractivity contribution < 1.29 is 4.42 Å². The van der Waals surface area contributed by atoms with E-state index in [9.17, 15) is 4.79 Å². The van der Waals surface area contributed by atoms with Gasteiger partial charge < -0.3 is 4.42 Å². The number of aromatic nitrogens is 1. The summed E-state index contributed by atoms with van der Waals surface area (Å²) in [6.07, 6.45) is 1.49. The fraction of sp³-hybridized carbons (Fsp3) is 0. The summed E-state index contributed by atoms with van der Waals surface area (Å²) in [5.74, 6) is -0.375. The number of rotatable bonds is 2. The summed E-state index contributed by atoms with van der Waals surface area (Å²) < 4.78 is 6.58. The maximum Gasteiger partial charge on any atom is 0.424 e. The second-order valence-corrected chi connectivity index (χ2v) is 3.92. The van der Waals surface area contributed by atoms with E-state index in [4.69, 9.17) is 4.42 Å². The van der Waals surface area contributed by atoms with Crippen LogP contribution in [0.2, 0.25) is 0 Å². The second-order valence-electron chi connectivity index (χ2n) is 3.92. The Morgan fingerprint density at radius 2 is 1.44 bits per heavy atom. The third kappa shape index (κ3) is 1.76. The maximum atomic E-state index is 11.8. The van der Waals surface area contributed by atoms with Gasteiger partial charge in [-0.05, 0) is 12.1 Å². The topological polar surface area (TPSA) is 35.1 Å². The predicted octanol–water partition coefficient (Wildman–Crippen LogP) is 3.10. The molecule has 0 fully saturated rings. The minimum absolute atomic E-state index is 0.375. The number of hydrogen-bond donors (Lipinski definition) is 0. The van der Waals surface area contributed by atoms with Crippen LogP contribution in [0.15, 0.2) is 76.1 Å². The number of para-hydroxylation sites is 1. The van der Waals surface area contributed by atoms with E-state index in [0.29, 0.717) is 0 Å². The van der Waals surface area contributed by atoms with Crippen molar-refractivity contribution in [1.29, 1.82) is 0 Å². The molecule has 1 aromatic heterocycles. The smallest absolute Gasteiger partial charge is 0.415 e. The highest BCUT2D eigenvalue weighted by Crippen LogP contribution is 2.20. The van der Waals surface area contributed by atoms with Gasteiger partial charge in [0.25, 0.3) is 0 Å². The molecule has 0 spiro atoms. The Balaban J connectivity index is 2.23. The zero-order valence-electron chi connectivity index (χ0n) is 9.61. The van der Waals surface area contributed by atoms with Gasteiger partial charge in [0.05, 0.1) is 11.4 Å². The van der Waals surface area contributed by atoms with Gasteiger partial charge in [0, 0.05) is 5.56 Å². The molecule has 1 heterocycles. The largest absolute Gasteiger partial charge is 0.424 e. The molecule has 0 aliphatic heterocycles. The molecule has 3 nitrogen and oxygen atoms in total. The monoisotopic (exact) mass is 237 g/mol. The van der Waals surface area contributed by atoms with Crippen LogP contribution in [0, 0.1) is 0 Å². The normalized spacial score (nSPS) is 10.4. The summed E-state index contributed by atoms with van der Waals surface area (Å²) in [6, 6.07) is 19.2. The van der Waals surface area contributed by atoms with Gasteiger partial charge in [-0.25, -0.2) is 9.36 Å². The van der Waals surface area contributed by atoms with Crippen molar-refractivity contribution in [1.82, 2.24) is 4.57 Å². The van der Waals surface area contributed by atoms with E-state index in [1.54, 1.807) is 4.57 Å². The molecule has 0 unspecified atom stereocenters. The Kier molecular flexibility index (Phi) is 2.57. The summed E-state index contributed by atoms with van der Waals surface area (Å²) in [5.41, 5.74) is 2.51. The van der Waals surface area contributed by atoms with Crippen LogP contribution in [0.25, 0.3) is 16.9 Å². The Morgan fingerprint density at radius 3 is 2.11 bits per heavy atom. The number of nitrogens with zero attached hydrogens (tertiary/aromatic N) is 1. The minimum atomic E-state index is -0.375. The molecule has 18 heavy (non-hydrogen) atoms. The lowest BCUT2D eigenvalue weighted by Gasteiger charge is -2.05. The molecular weight excluding hydrogens is 226 g/mol. The van der Waals surface area contributed by atoms with E-state index < -0.39 is 0 Å². The summed E-state index contributed by atoms with van der Waals surface area (Å²) in [4.78, 5) is 11.8. The molecule has 0 aliphatic rings. The molecule has 0 radical (unpaired) electrons. The average Bonchev–Trinajstić information content (AvgIpc) is 2.83. The van der Waals surface area contributed by atoms with Gasteiger partial charge in [-0.1, -0.05) is 48.5 Å². The predicted molar refractivity (Wildman–Crippen MR) is 69.7 cm³/mol. The van der Waals surface area contributed by atoms with E-state index in [2.05, 4.69) is 0 Å². The lowest BCUT2D eigenvalue weighted by molar-refractivity contribution is 0.504. The molecule has 2 aromatic carbocycles. The Labute approximate surface area is 104 Å². The van der Waals surface area contributed by atoms with Crippen molar-refractivity contribution in [3.8, 4) is 16.9 Å². The van der Waals surface area contributed by atoms with Crippen molar-refractivity contribution >= 4 is 0 Å². The van der Waals surface area contributed by atoms with Crippen molar-refractivity contribution in [2.75, 3.05) is 0 Å². The summed E-state index contributed by atoms with van der Waals surface area (Å²) in [6.45, 7) is 0. The van der Waals surface area contributed by atoms with Crippen molar-refractivity contribution in [3.63, 3.8) is 0 Å². The minimum Gasteiger partial charge on any atom is -0.415 e. The first-order chi connectivity index (χ1) is 8.86. The van der Waals surface area contributed by atoms with E-state index in [1.165, 1.54) is 6.26 Å². The lowest BCUT2D eigenvalue weighted by atomic mass is 10.1. The SMILES string of the molecule is O=c1occ(-c2ccccc2)n1-c1ccccc1. The van der Waals surface area contributed by atoms with Gasteiger partial charge in [-0.2, -0.15) is 0 Å². The Morgan fingerprint density at radius 1 is 0.833 bits per heavy atom. The highest BCUT2D eigenvalue weighted by molar-refractivity contribution is 5.60. The third-order valence-corrected chi connectivity index (χ3v) is 2.78. The molecule has 3 aromatic rings. The summed E-state index contributed by atoms with van der Waals surface area (Å²) in [7, 11) is 0. The zero-order chi connectivity index (χ0) is 12.4. The molecule has 0 saturated heterocycles. The van der Waals surface area contributed by atoms with Crippen molar-refractivity contribution in [2.45, 2.75) is 0 Å². The van der Waals surface area contributed by atoms with Crippen LogP contribution in [0.3, 0.4) is 0 Å². The zero-order valence-corrected chi connectivity index (χ0v) is 9.61. The van der Waals surface area contributed by atoms with Crippen molar-refractivity contribution in [3.05, 3.63) is 77.5 Å². The summed E-state index contributed by atoms with van der Waals surface area (Å²) in [5, 5.41) is 0. The number of hydrogen-bond acceptors (Lipinski definition) is 2. The molecule has 0 atom stereocenters. The number of oxazole rings is 1. The molecule has 3 rings (SSSR count). The van der Waals surface area contributed by atoms with Gasteiger partial charge >= 0.3 is 5.76 Å².